The summed E-state index contributed by atoms with van der Waals surface area (Å²) in [7, 11) is 0. The maximum atomic E-state index is 12.7. The van der Waals surface area contributed by atoms with Gasteiger partial charge in [0.05, 0.1) is 0 Å². The lowest BCUT2D eigenvalue weighted by Gasteiger charge is -2.31. The summed E-state index contributed by atoms with van der Waals surface area (Å²) < 4.78 is 36.8. The van der Waals surface area contributed by atoms with E-state index in [4.69, 9.17) is 0 Å². The Morgan fingerprint density at radius 1 is 1.24 bits per heavy atom. The second-order valence-corrected chi connectivity index (χ2v) is 8.16. The van der Waals surface area contributed by atoms with Gasteiger partial charge >= 0.3 is 12.1 Å². The van der Waals surface area contributed by atoms with E-state index < -0.39 is 12.1 Å². The molecule has 1 N–H and O–H groups in total. The van der Waals surface area contributed by atoms with Crippen LogP contribution in [0.2, 0.25) is 0 Å². The van der Waals surface area contributed by atoms with Crippen molar-refractivity contribution in [1.29, 1.82) is 0 Å². The number of likely N-dealkylation sites (tertiary alicyclic amines) is 1. The summed E-state index contributed by atoms with van der Waals surface area (Å²) in [6, 6.07) is 6.08. The van der Waals surface area contributed by atoms with E-state index >= 15 is 0 Å². The summed E-state index contributed by atoms with van der Waals surface area (Å²) in [6.07, 6.45) is -3.79. The molecule has 0 atom stereocenters. The van der Waals surface area contributed by atoms with Crippen molar-refractivity contribution in [2.24, 2.45) is 5.92 Å². The van der Waals surface area contributed by atoms with E-state index in [9.17, 15) is 22.8 Å². The highest BCUT2D eigenvalue weighted by Crippen LogP contribution is 2.28. The molecule has 2 aromatic rings. The number of hydrogen-bond acceptors (Lipinski definition) is 4. The van der Waals surface area contributed by atoms with Gasteiger partial charge in [0.25, 0.3) is 5.91 Å². The third-order valence-electron chi connectivity index (χ3n) is 5.05. The minimum absolute atomic E-state index is 0.0338. The fraction of sp³-hybridized carbons (Fsp3) is 0.450. The zero-order valence-corrected chi connectivity index (χ0v) is 17.0. The van der Waals surface area contributed by atoms with Crippen molar-refractivity contribution in [1.82, 2.24) is 15.2 Å². The monoisotopic (exact) mass is 425 g/mol. The van der Waals surface area contributed by atoms with Crippen LogP contribution in [0.1, 0.15) is 34.5 Å². The molecular weight excluding hydrogens is 403 g/mol. The first-order valence-electron chi connectivity index (χ1n) is 9.32. The van der Waals surface area contributed by atoms with E-state index in [0.717, 1.165) is 21.7 Å². The smallest absolute Gasteiger partial charge is 0.348 e. The fourth-order valence-corrected chi connectivity index (χ4v) is 4.27. The Morgan fingerprint density at radius 3 is 2.55 bits per heavy atom. The number of aryl methyl sites for hydroxylation is 2. The zero-order valence-electron chi connectivity index (χ0n) is 16.2. The number of piperidine rings is 1. The summed E-state index contributed by atoms with van der Waals surface area (Å²) >= 11 is 1.42. The fourth-order valence-electron chi connectivity index (χ4n) is 3.39. The van der Waals surface area contributed by atoms with Crippen molar-refractivity contribution in [2.45, 2.75) is 32.9 Å². The second kappa shape index (κ2) is 8.52. The Morgan fingerprint density at radius 2 is 1.93 bits per heavy atom. The van der Waals surface area contributed by atoms with Crippen molar-refractivity contribution in [3.8, 4) is 10.6 Å². The van der Waals surface area contributed by atoms with E-state index in [1.165, 1.54) is 11.3 Å². The molecule has 0 radical (unpaired) electrons. The van der Waals surface area contributed by atoms with Gasteiger partial charge in [-0.15, -0.1) is 11.3 Å². The second-order valence-electron chi connectivity index (χ2n) is 7.30. The first kappa shape index (κ1) is 21.3. The SMILES string of the molecule is Cc1ccc(-c2nc(C(=O)N3CCC(CNC(=O)C(F)(F)F)CC3)cs2)c(C)c1. The molecule has 2 amide bonds. The average Bonchev–Trinajstić information content (AvgIpc) is 3.15. The standard InChI is InChI=1S/C20H22F3N3O2S/c1-12-3-4-15(13(2)9-12)17-25-16(11-29-17)18(27)26-7-5-14(6-8-26)10-24-19(28)20(21,22)23/h3-4,9,11,14H,5-8,10H2,1-2H3,(H,24,28). The lowest BCUT2D eigenvalue weighted by Crippen LogP contribution is -2.44. The van der Waals surface area contributed by atoms with Crippen LogP contribution in [0.15, 0.2) is 23.6 Å². The zero-order chi connectivity index (χ0) is 21.2. The number of nitrogens with one attached hydrogen (secondary N) is 1. The molecule has 1 aromatic carbocycles. The number of hydrogen-bond donors (Lipinski definition) is 1. The normalized spacial score (nSPS) is 15.4. The lowest BCUT2D eigenvalue weighted by atomic mass is 9.96. The molecule has 3 rings (SSSR count). The Balaban J connectivity index is 1.56. The highest BCUT2D eigenvalue weighted by atomic mass is 32.1. The maximum absolute atomic E-state index is 12.7. The van der Waals surface area contributed by atoms with Crippen LogP contribution in [0.4, 0.5) is 13.2 Å². The largest absolute Gasteiger partial charge is 0.471 e. The number of aromatic nitrogens is 1. The van der Waals surface area contributed by atoms with E-state index in [0.29, 0.717) is 31.6 Å². The van der Waals surface area contributed by atoms with Crippen molar-refractivity contribution in [3.05, 3.63) is 40.4 Å². The Bertz CT molecular complexity index is 903. The minimum Gasteiger partial charge on any atom is -0.348 e. The molecule has 1 aliphatic rings. The molecule has 0 spiro atoms. The summed E-state index contributed by atoms with van der Waals surface area (Å²) in [6.45, 7) is 4.86. The number of rotatable bonds is 4. The van der Waals surface area contributed by atoms with Crippen molar-refractivity contribution in [3.63, 3.8) is 0 Å². The molecule has 156 valence electrons. The number of alkyl halides is 3. The quantitative estimate of drug-likeness (QED) is 0.807. The Kier molecular flexibility index (Phi) is 6.26. The Hall–Kier alpha value is -2.42. The van der Waals surface area contributed by atoms with Gasteiger partial charge in [-0.05, 0) is 38.2 Å². The molecule has 1 aromatic heterocycles. The molecule has 0 saturated carbocycles. The number of benzene rings is 1. The van der Waals surface area contributed by atoms with Crippen molar-refractivity contribution in [2.75, 3.05) is 19.6 Å². The molecule has 1 aliphatic heterocycles. The minimum atomic E-state index is -4.87. The van der Waals surface area contributed by atoms with Crippen molar-refractivity contribution >= 4 is 23.2 Å². The molecule has 5 nitrogen and oxygen atoms in total. The van der Waals surface area contributed by atoms with Gasteiger partial charge in [-0.3, -0.25) is 9.59 Å². The number of nitrogens with zero attached hydrogens (tertiary/aromatic N) is 2. The van der Waals surface area contributed by atoms with Crippen LogP contribution >= 0.6 is 11.3 Å². The van der Waals surface area contributed by atoms with Gasteiger partial charge in [-0.1, -0.05) is 23.8 Å². The molecule has 1 fully saturated rings. The van der Waals surface area contributed by atoms with Crippen LogP contribution in [0.25, 0.3) is 10.6 Å². The highest BCUT2D eigenvalue weighted by molar-refractivity contribution is 7.13. The molecular formula is C20H22F3N3O2S. The van der Waals surface area contributed by atoms with Crippen LogP contribution in [-0.4, -0.2) is 47.5 Å². The Labute approximate surface area is 170 Å². The van der Waals surface area contributed by atoms with Gasteiger partial charge in [0.1, 0.15) is 10.7 Å². The first-order valence-corrected chi connectivity index (χ1v) is 10.2. The number of amides is 2. The van der Waals surface area contributed by atoms with E-state index in [1.54, 1.807) is 10.3 Å². The lowest BCUT2D eigenvalue weighted by molar-refractivity contribution is -0.173. The van der Waals surface area contributed by atoms with Gasteiger partial charge < -0.3 is 10.2 Å². The van der Waals surface area contributed by atoms with Gasteiger partial charge in [0.2, 0.25) is 0 Å². The number of carbonyl (C=O) groups excluding carboxylic acids is 2. The van der Waals surface area contributed by atoms with Crippen LogP contribution < -0.4 is 5.32 Å². The summed E-state index contributed by atoms with van der Waals surface area (Å²) in [4.78, 5) is 29.8. The first-order chi connectivity index (χ1) is 13.6. The van der Waals surface area contributed by atoms with E-state index in [2.05, 4.69) is 11.1 Å². The van der Waals surface area contributed by atoms with Crippen molar-refractivity contribution < 1.29 is 22.8 Å². The molecule has 1 saturated heterocycles. The maximum Gasteiger partial charge on any atom is 0.471 e. The van der Waals surface area contributed by atoms with Gasteiger partial charge in [0.15, 0.2) is 0 Å². The van der Waals surface area contributed by atoms with Gasteiger partial charge in [0, 0.05) is 30.6 Å². The number of halogens is 3. The number of thiazole rings is 1. The van der Waals surface area contributed by atoms with Crippen LogP contribution in [0.3, 0.4) is 0 Å². The summed E-state index contributed by atoms with van der Waals surface area (Å²) in [5, 5.41) is 4.45. The summed E-state index contributed by atoms with van der Waals surface area (Å²) in [5.74, 6) is -2.17. The molecule has 9 heteroatoms. The van der Waals surface area contributed by atoms with Crippen LogP contribution in [0, 0.1) is 19.8 Å². The topological polar surface area (TPSA) is 62.3 Å². The predicted octanol–water partition coefficient (Wildman–Crippen LogP) is 3.96. The predicted molar refractivity (Wildman–Crippen MR) is 105 cm³/mol. The molecule has 2 heterocycles. The van der Waals surface area contributed by atoms with Crippen LogP contribution in [0.5, 0.6) is 0 Å². The molecule has 0 aliphatic carbocycles. The molecule has 29 heavy (non-hydrogen) atoms. The number of carbonyl (C=O) groups is 2. The van der Waals surface area contributed by atoms with E-state index in [1.807, 2.05) is 31.3 Å². The summed E-state index contributed by atoms with van der Waals surface area (Å²) in [5.41, 5.74) is 3.64. The van der Waals surface area contributed by atoms with Crippen LogP contribution in [-0.2, 0) is 4.79 Å². The average molecular weight is 425 g/mol. The van der Waals surface area contributed by atoms with Gasteiger partial charge in [-0.25, -0.2) is 4.98 Å². The van der Waals surface area contributed by atoms with E-state index in [-0.39, 0.29) is 18.4 Å². The molecule has 0 unspecified atom stereocenters. The third-order valence-corrected chi connectivity index (χ3v) is 5.92. The molecule has 0 bridgehead atoms. The van der Waals surface area contributed by atoms with Gasteiger partial charge in [-0.2, -0.15) is 13.2 Å². The third kappa shape index (κ3) is 5.14. The highest BCUT2D eigenvalue weighted by Gasteiger charge is 2.38.